The normalized spacial score (nSPS) is 11.6. The smallest absolute Gasteiger partial charge is 0.191 e. The lowest BCUT2D eigenvalue weighted by Crippen LogP contribution is -2.37. The van der Waals surface area contributed by atoms with Gasteiger partial charge in [0.2, 0.25) is 0 Å². The molecule has 0 fully saturated rings. The molecule has 0 aliphatic heterocycles. The predicted molar refractivity (Wildman–Crippen MR) is 89.0 cm³/mol. The molecule has 0 spiro atoms. The van der Waals surface area contributed by atoms with Gasteiger partial charge < -0.3 is 20.3 Å². The Kier molecular flexibility index (Phi) is 8.28. The molecule has 1 aromatic carbocycles. The summed E-state index contributed by atoms with van der Waals surface area (Å²) < 4.78 is 5.85. The van der Waals surface area contributed by atoms with E-state index in [0.29, 0.717) is 13.2 Å². The number of hydrogen-bond donors (Lipinski definition) is 2. The van der Waals surface area contributed by atoms with E-state index in [9.17, 15) is 0 Å². The number of ether oxygens (including phenoxy) is 1. The van der Waals surface area contributed by atoms with Gasteiger partial charge in [-0.1, -0.05) is 25.1 Å². The van der Waals surface area contributed by atoms with Crippen molar-refractivity contribution in [1.82, 2.24) is 15.5 Å². The zero-order valence-corrected chi connectivity index (χ0v) is 13.6. The number of nitrogens with zero attached hydrogens (tertiary/aromatic N) is 2. The van der Waals surface area contributed by atoms with Crippen LogP contribution < -0.4 is 15.4 Å². The van der Waals surface area contributed by atoms with Gasteiger partial charge in [-0.2, -0.15) is 0 Å². The fourth-order valence-corrected chi connectivity index (χ4v) is 1.77. The van der Waals surface area contributed by atoms with E-state index in [2.05, 4.69) is 33.5 Å². The van der Waals surface area contributed by atoms with Crippen LogP contribution in [-0.2, 0) is 6.54 Å². The van der Waals surface area contributed by atoms with Crippen molar-refractivity contribution >= 4 is 5.96 Å². The van der Waals surface area contributed by atoms with E-state index in [1.165, 1.54) is 0 Å². The third-order valence-corrected chi connectivity index (χ3v) is 2.98. The van der Waals surface area contributed by atoms with E-state index in [4.69, 9.17) is 4.74 Å². The van der Waals surface area contributed by atoms with Gasteiger partial charge in [0.15, 0.2) is 5.96 Å². The molecule has 0 aliphatic rings. The summed E-state index contributed by atoms with van der Waals surface area (Å²) in [6, 6.07) is 8.11. The molecule has 0 saturated heterocycles. The summed E-state index contributed by atoms with van der Waals surface area (Å²) >= 11 is 0. The van der Waals surface area contributed by atoms with Gasteiger partial charge in [0, 0.05) is 32.2 Å². The zero-order valence-electron chi connectivity index (χ0n) is 13.6. The van der Waals surface area contributed by atoms with Crippen LogP contribution in [0.4, 0.5) is 0 Å². The van der Waals surface area contributed by atoms with E-state index in [1.807, 2.05) is 32.3 Å². The van der Waals surface area contributed by atoms with Crippen molar-refractivity contribution < 1.29 is 4.74 Å². The molecule has 1 rings (SSSR count). The van der Waals surface area contributed by atoms with Crippen LogP contribution in [0.2, 0.25) is 0 Å². The molecular weight excluding hydrogens is 264 g/mol. The summed E-state index contributed by atoms with van der Waals surface area (Å²) in [6.45, 7) is 5.34. The monoisotopic (exact) mass is 292 g/mol. The lowest BCUT2D eigenvalue weighted by molar-refractivity contribution is 0.259. The Labute approximate surface area is 128 Å². The highest BCUT2D eigenvalue weighted by atomic mass is 16.5. The van der Waals surface area contributed by atoms with Crippen molar-refractivity contribution in [2.75, 3.05) is 40.8 Å². The maximum atomic E-state index is 5.85. The second kappa shape index (κ2) is 10.0. The molecule has 21 heavy (non-hydrogen) atoms. The first-order valence-electron chi connectivity index (χ1n) is 7.47. The molecule has 2 N–H and O–H groups in total. The Bertz CT molecular complexity index is 432. The molecule has 0 bridgehead atoms. The predicted octanol–water partition coefficient (Wildman–Crippen LogP) is 1.70. The SMILES string of the molecule is CCCNC(=NC)NCc1ccccc1OCCN(C)C. The van der Waals surface area contributed by atoms with Crippen molar-refractivity contribution in [2.45, 2.75) is 19.9 Å². The second-order valence-corrected chi connectivity index (χ2v) is 5.11. The van der Waals surface area contributed by atoms with Gasteiger partial charge in [-0.3, -0.25) is 4.99 Å². The molecule has 0 saturated carbocycles. The van der Waals surface area contributed by atoms with E-state index in [1.54, 1.807) is 7.05 Å². The summed E-state index contributed by atoms with van der Waals surface area (Å²) in [5.74, 6) is 1.75. The van der Waals surface area contributed by atoms with E-state index in [-0.39, 0.29) is 0 Å². The number of likely N-dealkylation sites (N-methyl/N-ethyl adjacent to an activating group) is 1. The molecule has 0 aliphatic carbocycles. The highest BCUT2D eigenvalue weighted by molar-refractivity contribution is 5.79. The van der Waals surface area contributed by atoms with Crippen LogP contribution in [0, 0.1) is 0 Å². The summed E-state index contributed by atoms with van der Waals surface area (Å²) in [4.78, 5) is 6.31. The Morgan fingerprint density at radius 2 is 2.00 bits per heavy atom. The average molecular weight is 292 g/mol. The number of benzene rings is 1. The molecule has 118 valence electrons. The molecule has 1 aromatic rings. The van der Waals surface area contributed by atoms with Gasteiger partial charge in [-0.25, -0.2) is 0 Å². The maximum absolute atomic E-state index is 5.85. The van der Waals surface area contributed by atoms with E-state index in [0.717, 1.165) is 36.8 Å². The number of aliphatic imine (C=N–C) groups is 1. The van der Waals surface area contributed by atoms with Crippen LogP contribution in [0.1, 0.15) is 18.9 Å². The molecule has 0 atom stereocenters. The summed E-state index contributed by atoms with van der Waals surface area (Å²) in [5, 5.41) is 6.57. The zero-order chi connectivity index (χ0) is 15.5. The minimum atomic E-state index is 0.687. The molecule has 0 heterocycles. The molecule has 5 heteroatoms. The van der Waals surface area contributed by atoms with Crippen molar-refractivity contribution in [3.8, 4) is 5.75 Å². The van der Waals surface area contributed by atoms with E-state index >= 15 is 0 Å². The fourth-order valence-electron chi connectivity index (χ4n) is 1.77. The third kappa shape index (κ3) is 6.99. The van der Waals surface area contributed by atoms with Crippen LogP contribution in [-0.4, -0.2) is 51.7 Å². The molecule has 0 aromatic heterocycles. The lowest BCUT2D eigenvalue weighted by atomic mass is 10.2. The van der Waals surface area contributed by atoms with Gasteiger partial charge >= 0.3 is 0 Å². The Morgan fingerprint density at radius 1 is 1.24 bits per heavy atom. The average Bonchev–Trinajstić information content (AvgIpc) is 2.48. The lowest BCUT2D eigenvalue weighted by Gasteiger charge is -2.15. The van der Waals surface area contributed by atoms with Crippen LogP contribution in [0.3, 0.4) is 0 Å². The first kappa shape index (κ1) is 17.3. The Balaban J connectivity index is 2.53. The summed E-state index contributed by atoms with van der Waals surface area (Å²) in [6.07, 6.45) is 1.07. The maximum Gasteiger partial charge on any atom is 0.191 e. The van der Waals surface area contributed by atoms with Crippen LogP contribution in [0.15, 0.2) is 29.3 Å². The molecule has 0 unspecified atom stereocenters. The van der Waals surface area contributed by atoms with Gasteiger partial charge in [-0.05, 0) is 26.6 Å². The standard InChI is InChI=1S/C16H28N4O/c1-5-10-18-16(17-2)19-13-14-8-6-7-9-15(14)21-12-11-20(3)4/h6-9H,5,10-13H2,1-4H3,(H2,17,18,19). The molecule has 0 radical (unpaired) electrons. The highest BCUT2D eigenvalue weighted by Gasteiger charge is 2.04. The van der Waals surface area contributed by atoms with Crippen molar-refractivity contribution in [1.29, 1.82) is 0 Å². The van der Waals surface area contributed by atoms with Crippen LogP contribution in [0.25, 0.3) is 0 Å². The second-order valence-electron chi connectivity index (χ2n) is 5.11. The van der Waals surface area contributed by atoms with Crippen LogP contribution in [0.5, 0.6) is 5.75 Å². The molecule has 5 nitrogen and oxygen atoms in total. The minimum absolute atomic E-state index is 0.687. The number of para-hydroxylation sites is 1. The van der Waals surface area contributed by atoms with Gasteiger partial charge in [0.1, 0.15) is 12.4 Å². The first-order chi connectivity index (χ1) is 10.2. The van der Waals surface area contributed by atoms with E-state index < -0.39 is 0 Å². The number of rotatable bonds is 8. The van der Waals surface area contributed by atoms with Crippen molar-refractivity contribution in [2.24, 2.45) is 4.99 Å². The van der Waals surface area contributed by atoms with Gasteiger partial charge in [0.05, 0.1) is 0 Å². The molecular formula is C16H28N4O. The Morgan fingerprint density at radius 3 is 2.67 bits per heavy atom. The minimum Gasteiger partial charge on any atom is -0.492 e. The third-order valence-electron chi connectivity index (χ3n) is 2.98. The summed E-state index contributed by atoms with van der Waals surface area (Å²) in [5.41, 5.74) is 1.13. The summed E-state index contributed by atoms with van der Waals surface area (Å²) in [7, 11) is 5.87. The van der Waals surface area contributed by atoms with Crippen molar-refractivity contribution in [3.05, 3.63) is 29.8 Å². The Hall–Kier alpha value is -1.75. The number of nitrogens with one attached hydrogen (secondary N) is 2. The van der Waals surface area contributed by atoms with Crippen LogP contribution >= 0.6 is 0 Å². The topological polar surface area (TPSA) is 48.9 Å². The fraction of sp³-hybridized carbons (Fsp3) is 0.562. The van der Waals surface area contributed by atoms with Gasteiger partial charge in [0.25, 0.3) is 0 Å². The quantitative estimate of drug-likeness (QED) is 0.565. The number of hydrogen-bond acceptors (Lipinski definition) is 3. The first-order valence-corrected chi connectivity index (χ1v) is 7.47. The number of guanidine groups is 1. The van der Waals surface area contributed by atoms with Gasteiger partial charge in [-0.15, -0.1) is 0 Å². The molecule has 0 amide bonds. The largest absolute Gasteiger partial charge is 0.492 e. The van der Waals surface area contributed by atoms with Crippen molar-refractivity contribution in [3.63, 3.8) is 0 Å². The highest BCUT2D eigenvalue weighted by Crippen LogP contribution is 2.17.